The molecule has 2 aromatic rings. The van der Waals surface area contributed by atoms with Gasteiger partial charge in [0, 0.05) is 50.9 Å². The van der Waals surface area contributed by atoms with Crippen LogP contribution in [0.5, 0.6) is 5.75 Å². The number of carbonyl (C=O) groups is 5. The van der Waals surface area contributed by atoms with Gasteiger partial charge in [-0.25, -0.2) is 0 Å². The van der Waals surface area contributed by atoms with Gasteiger partial charge < -0.3 is 71.2 Å². The van der Waals surface area contributed by atoms with Crippen LogP contribution in [0.3, 0.4) is 0 Å². The summed E-state index contributed by atoms with van der Waals surface area (Å²) >= 11 is 0. The van der Waals surface area contributed by atoms with E-state index in [4.69, 9.17) is 34.4 Å². The number of hydrogen-bond donors (Lipinski definition) is 13. The lowest BCUT2D eigenvalue weighted by Gasteiger charge is -2.27. The summed E-state index contributed by atoms with van der Waals surface area (Å²) in [6, 6.07) is 6.38. The van der Waals surface area contributed by atoms with Crippen LogP contribution in [-0.4, -0.2) is 115 Å². The van der Waals surface area contributed by atoms with Gasteiger partial charge in [-0.1, -0.05) is 30.3 Å². The van der Waals surface area contributed by atoms with Crippen LogP contribution in [0.1, 0.15) is 62.5 Å². The molecule has 5 amide bonds. The first kappa shape index (κ1) is 46.7. The molecule has 0 unspecified atom stereocenters. The molecule has 7 atom stereocenters. The van der Waals surface area contributed by atoms with Crippen LogP contribution in [-0.2, 0) is 36.8 Å². The van der Waals surface area contributed by atoms with Crippen LogP contribution in [0.4, 0.5) is 0 Å². The Morgan fingerprint density at radius 1 is 0.842 bits per heavy atom. The molecule has 0 saturated carbocycles. The molecule has 0 fully saturated rings. The fraction of sp³-hybridized carbons (Fsp3) is 0.564. The number of nitrogens with one attached hydrogen (secondary N) is 5. The van der Waals surface area contributed by atoms with Crippen molar-refractivity contribution in [3.63, 3.8) is 0 Å². The van der Waals surface area contributed by atoms with Gasteiger partial charge in [0.15, 0.2) is 0 Å². The first-order chi connectivity index (χ1) is 27.3. The Labute approximate surface area is 334 Å². The number of nitrogens with two attached hydrogens (primary N) is 6. The molecule has 4 bridgehead atoms. The molecular weight excluding hydrogens is 734 g/mol. The molecular formula is C39H63N11O7. The molecule has 18 nitrogen and oxygen atoms in total. The Balaban J connectivity index is 1.93. The number of carbonyl (C=O) groups excluding carboxylic acids is 5. The number of amides is 5. The van der Waals surface area contributed by atoms with Gasteiger partial charge in [0.25, 0.3) is 0 Å². The number of phenolic OH excluding ortho intramolecular Hbond substituents is 1. The van der Waals surface area contributed by atoms with Gasteiger partial charge in [-0.15, -0.1) is 0 Å². The summed E-state index contributed by atoms with van der Waals surface area (Å²) in [5.74, 6) is -3.15. The number of aliphatic hydroxyl groups is 1. The smallest absolute Gasteiger partial charge is 0.243 e. The summed E-state index contributed by atoms with van der Waals surface area (Å²) in [6.07, 6.45) is 1.20. The molecule has 0 saturated heterocycles. The zero-order valence-electron chi connectivity index (χ0n) is 32.6. The summed E-state index contributed by atoms with van der Waals surface area (Å²) < 4.78 is 0. The highest BCUT2D eigenvalue weighted by molar-refractivity contribution is 5.95. The molecule has 316 valence electrons. The maximum atomic E-state index is 14.2. The number of aliphatic hydroxyl groups excluding tert-OH is 1. The van der Waals surface area contributed by atoms with Crippen molar-refractivity contribution in [3.05, 3.63) is 53.6 Å². The largest absolute Gasteiger partial charge is 0.508 e. The topological polar surface area (TPSA) is 342 Å². The third-order valence-electron chi connectivity index (χ3n) is 9.81. The number of phenols is 1. The van der Waals surface area contributed by atoms with Crippen molar-refractivity contribution < 1.29 is 34.2 Å². The van der Waals surface area contributed by atoms with E-state index in [-0.39, 0.29) is 69.4 Å². The number of fused-ring (bicyclic) bond motifs is 5. The van der Waals surface area contributed by atoms with E-state index in [1.165, 1.54) is 6.07 Å². The maximum absolute atomic E-state index is 14.2. The number of benzene rings is 2. The average Bonchev–Trinajstić information content (AvgIpc) is 3.19. The van der Waals surface area contributed by atoms with Gasteiger partial charge in [-0.2, -0.15) is 0 Å². The van der Waals surface area contributed by atoms with Gasteiger partial charge >= 0.3 is 0 Å². The summed E-state index contributed by atoms with van der Waals surface area (Å²) in [6.45, 7) is 1.09. The summed E-state index contributed by atoms with van der Waals surface area (Å²) in [5.41, 5.74) is 37.6. The average molecular weight is 798 g/mol. The summed E-state index contributed by atoms with van der Waals surface area (Å²) in [5, 5.41) is 34.8. The second-order valence-electron chi connectivity index (χ2n) is 14.6. The van der Waals surface area contributed by atoms with Crippen LogP contribution < -0.4 is 61.0 Å². The lowest BCUT2D eigenvalue weighted by molar-refractivity contribution is -0.134. The van der Waals surface area contributed by atoms with Crippen molar-refractivity contribution in [3.8, 4) is 16.9 Å². The van der Waals surface area contributed by atoms with E-state index < -0.39 is 59.9 Å². The Bertz CT molecular complexity index is 1630. The molecule has 57 heavy (non-hydrogen) atoms. The Morgan fingerprint density at radius 2 is 1.53 bits per heavy atom. The van der Waals surface area contributed by atoms with E-state index in [2.05, 4.69) is 26.6 Å². The van der Waals surface area contributed by atoms with Gasteiger partial charge in [-0.05, 0) is 92.5 Å². The highest BCUT2D eigenvalue weighted by Crippen LogP contribution is 2.28. The van der Waals surface area contributed by atoms with Crippen molar-refractivity contribution in [1.29, 1.82) is 0 Å². The monoisotopic (exact) mass is 797 g/mol. The molecule has 1 aliphatic heterocycles. The van der Waals surface area contributed by atoms with Crippen LogP contribution in [0.15, 0.2) is 42.5 Å². The number of hydrogen-bond acceptors (Lipinski definition) is 13. The molecule has 1 aliphatic rings. The zero-order valence-corrected chi connectivity index (χ0v) is 32.6. The fourth-order valence-electron chi connectivity index (χ4n) is 6.51. The second-order valence-corrected chi connectivity index (χ2v) is 14.6. The van der Waals surface area contributed by atoms with Crippen molar-refractivity contribution in [2.24, 2.45) is 34.4 Å². The molecule has 0 aromatic heterocycles. The number of aromatic hydroxyl groups is 1. The Morgan fingerprint density at radius 3 is 2.23 bits per heavy atom. The molecule has 19 N–H and O–H groups in total. The molecule has 2 aromatic carbocycles. The van der Waals surface area contributed by atoms with E-state index in [1.54, 1.807) is 24.3 Å². The van der Waals surface area contributed by atoms with Crippen LogP contribution in [0.25, 0.3) is 11.1 Å². The minimum absolute atomic E-state index is 0.0338. The highest BCUT2D eigenvalue weighted by Gasteiger charge is 2.33. The van der Waals surface area contributed by atoms with Gasteiger partial charge in [0.05, 0.1) is 12.1 Å². The van der Waals surface area contributed by atoms with Gasteiger partial charge in [-0.3, -0.25) is 24.0 Å². The number of rotatable bonds is 20. The van der Waals surface area contributed by atoms with Crippen LogP contribution in [0.2, 0.25) is 0 Å². The predicted octanol–water partition coefficient (Wildman–Crippen LogP) is -2.82. The molecule has 3 rings (SSSR count). The maximum Gasteiger partial charge on any atom is 0.243 e. The van der Waals surface area contributed by atoms with Crippen molar-refractivity contribution in [2.45, 2.75) is 107 Å². The van der Waals surface area contributed by atoms with E-state index >= 15 is 0 Å². The van der Waals surface area contributed by atoms with E-state index in [0.29, 0.717) is 55.5 Å². The molecule has 0 aliphatic carbocycles. The molecule has 0 radical (unpaired) electrons. The fourth-order valence-corrected chi connectivity index (χ4v) is 6.51. The quantitative estimate of drug-likeness (QED) is 0.0644. The first-order valence-corrected chi connectivity index (χ1v) is 19.7. The lowest BCUT2D eigenvalue weighted by atomic mass is 9.96. The van der Waals surface area contributed by atoms with Crippen LogP contribution in [0, 0.1) is 0 Å². The minimum Gasteiger partial charge on any atom is -0.508 e. The minimum atomic E-state index is -1.35. The Kier molecular flexibility index (Phi) is 19.8. The van der Waals surface area contributed by atoms with E-state index in [9.17, 15) is 34.2 Å². The van der Waals surface area contributed by atoms with Crippen molar-refractivity contribution >= 4 is 29.5 Å². The second kappa shape index (κ2) is 24.2. The summed E-state index contributed by atoms with van der Waals surface area (Å²) in [7, 11) is 0. The first-order valence-electron chi connectivity index (χ1n) is 19.7. The highest BCUT2D eigenvalue weighted by atomic mass is 16.3. The lowest BCUT2D eigenvalue weighted by Crippen LogP contribution is -2.59. The zero-order chi connectivity index (χ0) is 41.9. The SMILES string of the molecule is NCCC[C@H](N)CNC(=O)C[C@H](CCCN)NC(=O)[C@H](CCCN)NC(=O)[C@@H]1Cc2cccc(c2)-c2ccc(O)c(c2)C[C@H](N)C(=O)N[C@@H](C[C@@H](O)CN)C(=O)N1. The van der Waals surface area contributed by atoms with E-state index in [1.807, 2.05) is 12.1 Å². The molecule has 0 spiro atoms. The summed E-state index contributed by atoms with van der Waals surface area (Å²) in [4.78, 5) is 68.1. The van der Waals surface area contributed by atoms with Gasteiger partial charge in [0.1, 0.15) is 23.9 Å². The van der Waals surface area contributed by atoms with E-state index in [0.717, 1.165) is 12.0 Å². The third kappa shape index (κ3) is 15.6. The van der Waals surface area contributed by atoms with Crippen LogP contribution >= 0.6 is 0 Å². The standard InChI is InChI=1S/C39H63N11O7/c40-12-2-7-27(44)22-46-35(53)19-28(8-3-13-41)47-37(55)31(9-4-14-42)48-38(56)32-16-23-5-1-6-24(15-23)25-10-11-34(52)26(17-25)18-30(45)36(54)49-33(39(57)50-32)20-29(51)21-43/h1,5-6,10-11,15,17,27-33,51-52H,2-4,7-9,12-14,16,18-22,40-45H2,(H,46,53)(H,47,55)(H,48,56)(H,49,54)(H,50,57)/t27-,28-,29+,30-,31-,32-,33-/m0/s1. The van der Waals surface area contributed by atoms with Gasteiger partial charge in [0.2, 0.25) is 29.5 Å². The normalized spacial score (nSPS) is 19.4. The third-order valence-corrected chi connectivity index (χ3v) is 9.81. The molecule has 18 heteroatoms. The molecule has 1 heterocycles. The predicted molar refractivity (Wildman–Crippen MR) is 217 cm³/mol. The van der Waals surface area contributed by atoms with Crippen molar-refractivity contribution in [1.82, 2.24) is 26.6 Å². The van der Waals surface area contributed by atoms with Crippen molar-refractivity contribution in [2.75, 3.05) is 32.7 Å². The Hall–Kier alpha value is -4.69.